The van der Waals surface area contributed by atoms with Crippen molar-refractivity contribution in [2.45, 2.75) is 33.2 Å². The minimum Gasteiger partial charge on any atom is -0.409 e. The highest BCUT2D eigenvalue weighted by atomic mass is 16.4. The molecule has 0 radical (unpaired) electrons. The number of nitrogens with two attached hydrogens (primary N) is 1. The van der Waals surface area contributed by atoms with Gasteiger partial charge in [-0.25, -0.2) is 0 Å². The lowest BCUT2D eigenvalue weighted by atomic mass is 10.2. The summed E-state index contributed by atoms with van der Waals surface area (Å²) in [4.78, 5) is 2.30. The summed E-state index contributed by atoms with van der Waals surface area (Å²) >= 11 is 0. The Labute approximate surface area is 115 Å². The Morgan fingerprint density at radius 3 is 2.37 bits per heavy atom. The molecule has 0 amide bonds. The lowest BCUT2D eigenvalue weighted by Gasteiger charge is -2.22. The van der Waals surface area contributed by atoms with Gasteiger partial charge >= 0.3 is 0 Å². The number of hydrogen-bond acceptors (Lipinski definition) is 4. The van der Waals surface area contributed by atoms with Gasteiger partial charge in [-0.2, -0.15) is 0 Å². The predicted octanol–water partition coefficient (Wildman–Crippen LogP) is 2.47. The Hall–Kier alpha value is -1.91. The van der Waals surface area contributed by atoms with Crippen molar-refractivity contribution in [1.29, 1.82) is 0 Å². The van der Waals surface area contributed by atoms with Crippen LogP contribution in [0.3, 0.4) is 0 Å². The van der Waals surface area contributed by atoms with E-state index in [-0.39, 0.29) is 11.9 Å². The van der Waals surface area contributed by atoms with E-state index in [1.807, 2.05) is 6.92 Å². The number of hydrogen-bond donors (Lipinski definition) is 3. The van der Waals surface area contributed by atoms with E-state index in [0.717, 1.165) is 18.8 Å². The number of oxime groups is 1. The summed E-state index contributed by atoms with van der Waals surface area (Å²) in [6, 6.07) is 8.43. The van der Waals surface area contributed by atoms with Crippen LogP contribution >= 0.6 is 0 Å². The number of anilines is 2. The third-order valence-electron chi connectivity index (χ3n) is 3.05. The van der Waals surface area contributed by atoms with Crippen molar-refractivity contribution in [2.75, 3.05) is 23.3 Å². The Balaban J connectivity index is 2.61. The summed E-state index contributed by atoms with van der Waals surface area (Å²) in [6.07, 6.45) is 0.508. The van der Waals surface area contributed by atoms with Gasteiger partial charge in [0, 0.05) is 36.9 Å². The molecule has 0 aromatic heterocycles. The quantitative estimate of drug-likeness (QED) is 0.306. The molecule has 0 spiro atoms. The van der Waals surface area contributed by atoms with E-state index in [1.165, 1.54) is 5.69 Å². The van der Waals surface area contributed by atoms with Crippen molar-refractivity contribution in [1.82, 2.24) is 0 Å². The molecule has 0 fully saturated rings. The summed E-state index contributed by atoms with van der Waals surface area (Å²) in [5.41, 5.74) is 7.74. The van der Waals surface area contributed by atoms with Crippen LogP contribution in [0, 0.1) is 0 Å². The van der Waals surface area contributed by atoms with E-state index in [4.69, 9.17) is 10.9 Å². The zero-order chi connectivity index (χ0) is 14.3. The van der Waals surface area contributed by atoms with E-state index in [0.29, 0.717) is 6.42 Å². The van der Waals surface area contributed by atoms with Gasteiger partial charge in [0.05, 0.1) is 0 Å². The van der Waals surface area contributed by atoms with E-state index in [9.17, 15) is 0 Å². The highest BCUT2D eigenvalue weighted by molar-refractivity contribution is 5.80. The molecule has 0 aliphatic rings. The average Bonchev–Trinajstić information content (AvgIpc) is 2.41. The minimum absolute atomic E-state index is 0.121. The maximum Gasteiger partial charge on any atom is 0.141 e. The fourth-order valence-electron chi connectivity index (χ4n) is 2.05. The normalized spacial score (nSPS) is 13.1. The van der Waals surface area contributed by atoms with Gasteiger partial charge in [0.2, 0.25) is 0 Å². The van der Waals surface area contributed by atoms with Crippen LogP contribution in [0.25, 0.3) is 0 Å². The SMILES string of the molecule is CCN(CC)c1ccc(NC(C)CC(N)=NO)cc1. The molecule has 0 saturated heterocycles. The maximum atomic E-state index is 8.53. The summed E-state index contributed by atoms with van der Waals surface area (Å²) in [5, 5.41) is 14.8. The predicted molar refractivity (Wildman–Crippen MR) is 81.1 cm³/mol. The largest absolute Gasteiger partial charge is 0.409 e. The molecule has 0 heterocycles. The van der Waals surface area contributed by atoms with Crippen LogP contribution in [0.1, 0.15) is 27.2 Å². The highest BCUT2D eigenvalue weighted by Crippen LogP contribution is 2.18. The fourth-order valence-corrected chi connectivity index (χ4v) is 2.05. The molecule has 1 unspecified atom stereocenters. The molecule has 0 saturated carbocycles. The first-order valence-electron chi connectivity index (χ1n) is 6.68. The van der Waals surface area contributed by atoms with Crippen LogP contribution in [0.5, 0.6) is 0 Å². The van der Waals surface area contributed by atoms with Crippen LogP contribution in [0.4, 0.5) is 11.4 Å². The molecule has 0 aliphatic carbocycles. The van der Waals surface area contributed by atoms with Crippen LogP contribution in [0.15, 0.2) is 29.4 Å². The highest BCUT2D eigenvalue weighted by Gasteiger charge is 2.06. The molecule has 5 nitrogen and oxygen atoms in total. The Morgan fingerprint density at radius 1 is 1.32 bits per heavy atom. The molecular formula is C14H24N4O. The molecule has 1 atom stereocenters. The lowest BCUT2D eigenvalue weighted by molar-refractivity contribution is 0.316. The van der Waals surface area contributed by atoms with Crippen molar-refractivity contribution in [3.05, 3.63) is 24.3 Å². The van der Waals surface area contributed by atoms with Crippen LogP contribution < -0.4 is 16.0 Å². The number of amidine groups is 1. The number of nitrogens with one attached hydrogen (secondary N) is 1. The molecule has 0 bridgehead atoms. The number of benzene rings is 1. The van der Waals surface area contributed by atoms with Gasteiger partial charge in [-0.1, -0.05) is 5.16 Å². The molecular weight excluding hydrogens is 240 g/mol. The van der Waals surface area contributed by atoms with Crippen LogP contribution in [-0.4, -0.2) is 30.2 Å². The van der Waals surface area contributed by atoms with Gasteiger partial charge in [0.15, 0.2) is 0 Å². The lowest BCUT2D eigenvalue weighted by Crippen LogP contribution is -2.24. The Morgan fingerprint density at radius 2 is 1.89 bits per heavy atom. The van der Waals surface area contributed by atoms with Gasteiger partial charge in [0.25, 0.3) is 0 Å². The van der Waals surface area contributed by atoms with E-state index < -0.39 is 0 Å². The number of nitrogens with zero attached hydrogens (tertiary/aromatic N) is 2. The second kappa shape index (κ2) is 7.51. The van der Waals surface area contributed by atoms with Crippen molar-refractivity contribution >= 4 is 17.2 Å². The summed E-state index contributed by atoms with van der Waals surface area (Å²) in [6.45, 7) is 8.30. The monoisotopic (exact) mass is 264 g/mol. The zero-order valence-electron chi connectivity index (χ0n) is 11.9. The van der Waals surface area contributed by atoms with Gasteiger partial charge < -0.3 is 21.2 Å². The summed E-state index contributed by atoms with van der Waals surface area (Å²) < 4.78 is 0. The molecule has 1 aromatic rings. The van der Waals surface area contributed by atoms with Crippen LogP contribution in [0.2, 0.25) is 0 Å². The molecule has 5 heteroatoms. The van der Waals surface area contributed by atoms with Gasteiger partial charge in [0.1, 0.15) is 5.84 Å². The molecule has 4 N–H and O–H groups in total. The third-order valence-corrected chi connectivity index (χ3v) is 3.05. The second-order valence-corrected chi connectivity index (χ2v) is 4.56. The van der Waals surface area contributed by atoms with Crippen molar-refractivity contribution in [3.8, 4) is 0 Å². The molecule has 106 valence electrons. The minimum atomic E-state index is 0.121. The second-order valence-electron chi connectivity index (χ2n) is 4.56. The summed E-state index contributed by atoms with van der Waals surface area (Å²) in [7, 11) is 0. The van der Waals surface area contributed by atoms with E-state index in [1.54, 1.807) is 0 Å². The van der Waals surface area contributed by atoms with Crippen molar-refractivity contribution < 1.29 is 5.21 Å². The average molecular weight is 264 g/mol. The summed E-state index contributed by atoms with van der Waals surface area (Å²) in [5.74, 6) is 0.236. The van der Waals surface area contributed by atoms with Gasteiger partial charge in [-0.05, 0) is 45.0 Å². The molecule has 19 heavy (non-hydrogen) atoms. The molecule has 0 aliphatic heterocycles. The first-order chi connectivity index (χ1) is 9.10. The Kier molecular flexibility index (Phi) is 5.99. The van der Waals surface area contributed by atoms with E-state index >= 15 is 0 Å². The van der Waals surface area contributed by atoms with Crippen molar-refractivity contribution in [2.24, 2.45) is 10.9 Å². The standard InChI is InChI=1S/C14H24N4O/c1-4-18(5-2)13-8-6-12(7-9-13)16-11(3)10-14(15)17-19/h6-9,11,16,19H,4-5,10H2,1-3H3,(H2,15,17). The zero-order valence-corrected chi connectivity index (χ0v) is 11.9. The first kappa shape index (κ1) is 15.1. The smallest absolute Gasteiger partial charge is 0.141 e. The molecule has 1 aromatic carbocycles. The third kappa shape index (κ3) is 4.69. The maximum absolute atomic E-state index is 8.53. The van der Waals surface area contributed by atoms with Gasteiger partial charge in [-0.3, -0.25) is 0 Å². The van der Waals surface area contributed by atoms with Crippen molar-refractivity contribution in [3.63, 3.8) is 0 Å². The van der Waals surface area contributed by atoms with E-state index in [2.05, 4.69) is 53.5 Å². The molecule has 1 rings (SSSR count). The topological polar surface area (TPSA) is 73.9 Å². The Bertz CT molecular complexity index is 398. The van der Waals surface area contributed by atoms with Crippen LogP contribution in [-0.2, 0) is 0 Å². The van der Waals surface area contributed by atoms with Gasteiger partial charge in [-0.15, -0.1) is 0 Å². The number of rotatable bonds is 7. The fraction of sp³-hybridized carbons (Fsp3) is 0.500. The first-order valence-corrected chi connectivity index (χ1v) is 6.68.